The molecule has 1 aromatic heterocycles. The van der Waals surface area contributed by atoms with E-state index < -0.39 is 5.91 Å². The third-order valence-electron chi connectivity index (χ3n) is 3.03. The Kier molecular flexibility index (Phi) is 5.51. The summed E-state index contributed by atoms with van der Waals surface area (Å²) in [6.07, 6.45) is 1.13. The molecule has 18 heavy (non-hydrogen) atoms. The number of likely N-dealkylation sites (N-methyl/N-ethyl adjacent to an activating group) is 1. The van der Waals surface area contributed by atoms with Crippen LogP contribution >= 0.6 is 0 Å². The second-order valence-electron chi connectivity index (χ2n) is 4.33. The van der Waals surface area contributed by atoms with E-state index in [-0.39, 0.29) is 5.69 Å². The van der Waals surface area contributed by atoms with E-state index in [2.05, 4.69) is 41.3 Å². The molecule has 1 rings (SSSR count). The topological polar surface area (TPSA) is 84.1 Å². The molecule has 0 radical (unpaired) electrons. The maximum absolute atomic E-state index is 10.8. The Balaban J connectivity index is 2.38. The van der Waals surface area contributed by atoms with Gasteiger partial charge in [-0.1, -0.05) is 6.92 Å². The molecule has 1 heterocycles. The molecule has 0 aromatic carbocycles. The molecule has 0 bridgehead atoms. The molecular weight excluding hydrogens is 230 g/mol. The van der Waals surface area contributed by atoms with Gasteiger partial charge in [-0.15, -0.1) is 10.2 Å². The van der Waals surface area contributed by atoms with Crippen LogP contribution in [0.25, 0.3) is 0 Å². The van der Waals surface area contributed by atoms with E-state index in [1.807, 2.05) is 0 Å². The van der Waals surface area contributed by atoms with Crippen molar-refractivity contribution in [2.24, 2.45) is 5.73 Å². The van der Waals surface area contributed by atoms with E-state index >= 15 is 0 Å². The number of nitrogens with zero attached hydrogens (tertiary/aromatic N) is 3. The van der Waals surface area contributed by atoms with Crippen LogP contribution in [0.3, 0.4) is 0 Å². The number of hydrogen-bond acceptors (Lipinski definition) is 5. The van der Waals surface area contributed by atoms with E-state index in [1.54, 1.807) is 12.1 Å². The van der Waals surface area contributed by atoms with Gasteiger partial charge in [0, 0.05) is 19.1 Å². The summed E-state index contributed by atoms with van der Waals surface area (Å²) >= 11 is 0. The van der Waals surface area contributed by atoms with Gasteiger partial charge >= 0.3 is 0 Å². The molecule has 0 aliphatic carbocycles. The van der Waals surface area contributed by atoms with Crippen LogP contribution in [-0.4, -0.2) is 47.2 Å². The third-order valence-corrected chi connectivity index (χ3v) is 3.03. The summed E-state index contributed by atoms with van der Waals surface area (Å²) < 4.78 is 0. The highest BCUT2D eigenvalue weighted by atomic mass is 16.1. The highest BCUT2D eigenvalue weighted by Crippen LogP contribution is 2.02. The standard InChI is InChI=1S/C12H21N5O/c1-4-9(2)17(3)8-7-14-11-6-5-10(12(13)18)15-16-11/h5-6,9H,4,7-8H2,1-3H3,(H2,13,18)(H,14,16). The molecule has 0 aliphatic rings. The van der Waals surface area contributed by atoms with Crippen molar-refractivity contribution in [1.29, 1.82) is 0 Å². The van der Waals surface area contributed by atoms with Crippen molar-refractivity contribution in [3.8, 4) is 0 Å². The predicted molar refractivity (Wildman–Crippen MR) is 71.4 cm³/mol. The number of primary amides is 1. The van der Waals surface area contributed by atoms with E-state index in [4.69, 9.17) is 5.73 Å². The Labute approximate surface area is 108 Å². The fourth-order valence-electron chi connectivity index (χ4n) is 1.45. The second kappa shape index (κ2) is 6.90. The van der Waals surface area contributed by atoms with Gasteiger partial charge in [0.15, 0.2) is 5.69 Å². The number of rotatable bonds is 7. The number of hydrogen-bond donors (Lipinski definition) is 2. The molecule has 3 N–H and O–H groups in total. The van der Waals surface area contributed by atoms with Crippen molar-refractivity contribution < 1.29 is 4.79 Å². The van der Waals surface area contributed by atoms with Gasteiger partial charge < -0.3 is 16.0 Å². The Morgan fingerprint density at radius 3 is 2.72 bits per heavy atom. The number of carbonyl (C=O) groups excluding carboxylic acids is 1. The predicted octanol–water partition coefficient (Wildman–Crippen LogP) is 0.718. The zero-order valence-corrected chi connectivity index (χ0v) is 11.2. The SMILES string of the molecule is CCC(C)N(C)CCNc1ccc(C(N)=O)nn1. The van der Waals surface area contributed by atoms with Crippen molar-refractivity contribution in [1.82, 2.24) is 15.1 Å². The Bertz CT molecular complexity index is 379. The van der Waals surface area contributed by atoms with Crippen LogP contribution in [0.5, 0.6) is 0 Å². The van der Waals surface area contributed by atoms with Crippen LogP contribution in [-0.2, 0) is 0 Å². The summed E-state index contributed by atoms with van der Waals surface area (Å²) in [6.45, 7) is 6.07. The number of aromatic nitrogens is 2. The van der Waals surface area contributed by atoms with Gasteiger partial charge in [0.1, 0.15) is 5.82 Å². The van der Waals surface area contributed by atoms with Gasteiger partial charge in [-0.25, -0.2) is 0 Å². The van der Waals surface area contributed by atoms with Crippen molar-refractivity contribution in [2.75, 3.05) is 25.5 Å². The molecule has 100 valence electrons. The zero-order chi connectivity index (χ0) is 13.5. The van der Waals surface area contributed by atoms with Crippen LogP contribution in [0.2, 0.25) is 0 Å². The van der Waals surface area contributed by atoms with E-state index in [1.165, 1.54) is 0 Å². The second-order valence-corrected chi connectivity index (χ2v) is 4.33. The van der Waals surface area contributed by atoms with Crippen LogP contribution in [0.4, 0.5) is 5.82 Å². The van der Waals surface area contributed by atoms with Crippen molar-refractivity contribution >= 4 is 11.7 Å². The minimum atomic E-state index is -0.564. The summed E-state index contributed by atoms with van der Waals surface area (Å²) in [6, 6.07) is 3.84. The van der Waals surface area contributed by atoms with E-state index in [0.29, 0.717) is 11.9 Å². The molecule has 6 nitrogen and oxygen atoms in total. The fourth-order valence-corrected chi connectivity index (χ4v) is 1.45. The number of carbonyl (C=O) groups is 1. The molecule has 0 saturated carbocycles. The van der Waals surface area contributed by atoms with Crippen molar-refractivity contribution in [2.45, 2.75) is 26.3 Å². The molecule has 6 heteroatoms. The normalized spacial score (nSPS) is 12.4. The highest BCUT2D eigenvalue weighted by molar-refractivity contribution is 5.90. The molecule has 0 aliphatic heterocycles. The van der Waals surface area contributed by atoms with Gasteiger partial charge in [-0.2, -0.15) is 0 Å². The first-order valence-electron chi connectivity index (χ1n) is 6.12. The van der Waals surface area contributed by atoms with Gasteiger partial charge in [-0.05, 0) is 32.5 Å². The molecule has 0 saturated heterocycles. The largest absolute Gasteiger partial charge is 0.367 e. The molecule has 1 atom stereocenters. The average molecular weight is 251 g/mol. The van der Waals surface area contributed by atoms with Crippen LogP contribution < -0.4 is 11.1 Å². The number of anilines is 1. The van der Waals surface area contributed by atoms with Gasteiger partial charge in [-0.3, -0.25) is 4.79 Å². The summed E-state index contributed by atoms with van der Waals surface area (Å²) in [5.74, 6) is 0.0862. The van der Waals surface area contributed by atoms with Crippen molar-refractivity contribution in [3.63, 3.8) is 0 Å². The highest BCUT2D eigenvalue weighted by Gasteiger charge is 2.06. The van der Waals surface area contributed by atoms with Crippen LogP contribution in [0.1, 0.15) is 30.8 Å². The summed E-state index contributed by atoms with van der Waals surface area (Å²) in [7, 11) is 2.09. The number of amides is 1. The molecular formula is C12H21N5O. The molecule has 0 fully saturated rings. The van der Waals surface area contributed by atoms with Gasteiger partial charge in [0.05, 0.1) is 0 Å². The summed E-state index contributed by atoms with van der Waals surface area (Å²) in [5, 5.41) is 10.8. The lowest BCUT2D eigenvalue weighted by Crippen LogP contribution is -2.32. The lowest BCUT2D eigenvalue weighted by molar-refractivity contribution is 0.0994. The quantitative estimate of drug-likeness (QED) is 0.746. The molecule has 1 amide bonds. The average Bonchev–Trinajstić information content (AvgIpc) is 2.38. The number of nitrogens with two attached hydrogens (primary N) is 1. The lowest BCUT2D eigenvalue weighted by Gasteiger charge is -2.23. The van der Waals surface area contributed by atoms with Gasteiger partial charge in [0.2, 0.25) is 0 Å². The third kappa shape index (κ3) is 4.29. The van der Waals surface area contributed by atoms with Crippen LogP contribution in [0, 0.1) is 0 Å². The first-order valence-corrected chi connectivity index (χ1v) is 6.12. The van der Waals surface area contributed by atoms with E-state index in [0.717, 1.165) is 19.5 Å². The van der Waals surface area contributed by atoms with Crippen LogP contribution in [0.15, 0.2) is 12.1 Å². The van der Waals surface area contributed by atoms with E-state index in [9.17, 15) is 4.79 Å². The summed E-state index contributed by atoms with van der Waals surface area (Å²) in [4.78, 5) is 13.1. The lowest BCUT2D eigenvalue weighted by atomic mass is 10.2. The zero-order valence-electron chi connectivity index (χ0n) is 11.2. The first kappa shape index (κ1) is 14.4. The smallest absolute Gasteiger partial charge is 0.269 e. The fraction of sp³-hybridized carbons (Fsp3) is 0.583. The Morgan fingerprint density at radius 1 is 1.50 bits per heavy atom. The molecule has 0 spiro atoms. The molecule has 1 aromatic rings. The number of nitrogens with one attached hydrogen (secondary N) is 1. The summed E-state index contributed by atoms with van der Waals surface area (Å²) in [5.41, 5.74) is 5.26. The minimum absolute atomic E-state index is 0.178. The van der Waals surface area contributed by atoms with Gasteiger partial charge in [0.25, 0.3) is 5.91 Å². The Hall–Kier alpha value is -1.69. The monoisotopic (exact) mass is 251 g/mol. The minimum Gasteiger partial charge on any atom is -0.367 e. The Morgan fingerprint density at radius 2 is 2.22 bits per heavy atom. The maximum Gasteiger partial charge on any atom is 0.269 e. The first-order chi connectivity index (χ1) is 8.54. The maximum atomic E-state index is 10.8. The molecule has 1 unspecified atom stereocenters. The van der Waals surface area contributed by atoms with Crippen molar-refractivity contribution in [3.05, 3.63) is 17.8 Å².